The van der Waals surface area contributed by atoms with Crippen molar-refractivity contribution in [1.29, 1.82) is 0 Å². The van der Waals surface area contributed by atoms with Gasteiger partial charge in [-0.1, -0.05) is 0 Å². The van der Waals surface area contributed by atoms with Crippen LogP contribution in [0.25, 0.3) is 0 Å². The molecule has 1 unspecified atom stereocenters. The minimum atomic E-state index is -1.02. The van der Waals surface area contributed by atoms with Crippen LogP contribution in [-0.4, -0.2) is 22.6 Å². The highest BCUT2D eigenvalue weighted by Gasteiger charge is 2.27. The second-order valence-corrected chi connectivity index (χ2v) is 7.32. The van der Waals surface area contributed by atoms with Gasteiger partial charge in [-0.05, 0) is 48.8 Å². The molecule has 1 heterocycles. The molecule has 0 aliphatic carbocycles. The summed E-state index contributed by atoms with van der Waals surface area (Å²) in [6.07, 6.45) is -0.153. The van der Waals surface area contributed by atoms with E-state index >= 15 is 0 Å². The summed E-state index contributed by atoms with van der Waals surface area (Å²) in [5.41, 5.74) is -0.601. The van der Waals surface area contributed by atoms with E-state index in [0.717, 1.165) is 3.79 Å². The Labute approximate surface area is 118 Å². The number of ether oxygens (including phenoxy) is 1. The summed E-state index contributed by atoms with van der Waals surface area (Å²) in [5, 5.41) is 9.17. The molecule has 0 aliphatic rings. The number of halogens is 1. The Kier molecular flexibility index (Phi) is 4.92. The number of hydrogen-bond donors (Lipinski definition) is 1. The Morgan fingerprint density at radius 3 is 2.44 bits per heavy atom. The molecule has 0 amide bonds. The number of rotatable bonds is 4. The Bertz CT molecular complexity index is 447. The van der Waals surface area contributed by atoms with Crippen molar-refractivity contribution >= 4 is 39.2 Å². The molecule has 0 saturated heterocycles. The van der Waals surface area contributed by atoms with Crippen LogP contribution in [0.15, 0.2) is 15.9 Å². The van der Waals surface area contributed by atoms with Gasteiger partial charge < -0.3 is 9.84 Å². The van der Waals surface area contributed by atoms with Gasteiger partial charge in [0, 0.05) is 4.88 Å². The van der Waals surface area contributed by atoms with Crippen LogP contribution in [0.1, 0.15) is 38.0 Å². The van der Waals surface area contributed by atoms with Crippen LogP contribution in [0, 0.1) is 0 Å². The first kappa shape index (κ1) is 15.2. The van der Waals surface area contributed by atoms with Crippen LogP contribution in [0.3, 0.4) is 0 Å². The lowest BCUT2D eigenvalue weighted by Gasteiger charge is -2.20. The van der Waals surface area contributed by atoms with E-state index in [1.165, 1.54) is 11.3 Å². The third-order valence-electron chi connectivity index (χ3n) is 2.03. The number of carboxylic acids is 1. The molecule has 1 aromatic heterocycles. The van der Waals surface area contributed by atoms with Gasteiger partial charge in [0.15, 0.2) is 0 Å². The summed E-state index contributed by atoms with van der Waals surface area (Å²) in [7, 11) is 0. The molecule has 1 aromatic rings. The van der Waals surface area contributed by atoms with E-state index < -0.39 is 23.5 Å². The Balaban J connectivity index is 2.76. The van der Waals surface area contributed by atoms with Crippen molar-refractivity contribution in [3.8, 4) is 0 Å². The summed E-state index contributed by atoms with van der Waals surface area (Å²) < 4.78 is 5.98. The summed E-state index contributed by atoms with van der Waals surface area (Å²) in [4.78, 5) is 23.5. The molecule has 0 radical (unpaired) electrons. The highest BCUT2D eigenvalue weighted by molar-refractivity contribution is 9.11. The van der Waals surface area contributed by atoms with Crippen LogP contribution in [0.4, 0.5) is 0 Å². The second-order valence-electron chi connectivity index (χ2n) is 4.82. The summed E-state index contributed by atoms with van der Waals surface area (Å²) in [5.74, 6) is -2.37. The van der Waals surface area contributed by atoms with Crippen molar-refractivity contribution in [1.82, 2.24) is 0 Å². The number of carbonyl (C=O) groups is 2. The number of esters is 1. The average molecular weight is 335 g/mol. The molecular formula is C12H15BrO4S. The standard InChI is InChI=1S/C12H15BrO4S/c1-12(2,3)17-10(14)6-7(11(15)16)8-4-5-9(13)18-8/h4-5,7H,6H2,1-3H3,(H,15,16). The van der Waals surface area contributed by atoms with Gasteiger partial charge in [0.1, 0.15) is 11.5 Å². The fourth-order valence-electron chi connectivity index (χ4n) is 1.37. The molecule has 0 bridgehead atoms. The SMILES string of the molecule is CC(C)(C)OC(=O)CC(C(=O)O)c1ccc(Br)s1. The van der Waals surface area contributed by atoms with Gasteiger partial charge in [-0.25, -0.2) is 0 Å². The van der Waals surface area contributed by atoms with Gasteiger partial charge in [0.05, 0.1) is 10.2 Å². The first-order valence-corrected chi connectivity index (χ1v) is 7.00. The molecule has 0 aromatic carbocycles. The van der Waals surface area contributed by atoms with E-state index in [0.29, 0.717) is 4.88 Å². The summed E-state index contributed by atoms with van der Waals surface area (Å²) in [6.45, 7) is 5.26. The molecule has 6 heteroatoms. The van der Waals surface area contributed by atoms with Gasteiger partial charge in [-0.2, -0.15) is 0 Å². The first-order chi connectivity index (χ1) is 8.19. The minimum absolute atomic E-state index is 0.153. The number of carbonyl (C=O) groups excluding carboxylic acids is 1. The largest absolute Gasteiger partial charge is 0.481 e. The average Bonchev–Trinajstić information content (AvgIpc) is 2.57. The molecule has 4 nitrogen and oxygen atoms in total. The highest BCUT2D eigenvalue weighted by atomic mass is 79.9. The third kappa shape index (κ3) is 4.78. The maximum Gasteiger partial charge on any atom is 0.312 e. The smallest absolute Gasteiger partial charge is 0.312 e. The number of aliphatic carboxylic acids is 1. The van der Waals surface area contributed by atoms with Crippen LogP contribution < -0.4 is 0 Å². The number of thiophene rings is 1. The van der Waals surface area contributed by atoms with E-state index in [4.69, 9.17) is 9.84 Å². The predicted octanol–water partition coefficient (Wildman–Crippen LogP) is 3.41. The van der Waals surface area contributed by atoms with Gasteiger partial charge in [0.2, 0.25) is 0 Å². The lowest BCUT2D eigenvalue weighted by atomic mass is 10.0. The van der Waals surface area contributed by atoms with E-state index in [1.807, 2.05) is 0 Å². The van der Waals surface area contributed by atoms with Crippen molar-refractivity contribution in [2.75, 3.05) is 0 Å². The van der Waals surface area contributed by atoms with Crippen LogP contribution in [-0.2, 0) is 14.3 Å². The van der Waals surface area contributed by atoms with E-state index in [1.54, 1.807) is 32.9 Å². The van der Waals surface area contributed by atoms with Gasteiger partial charge in [-0.3, -0.25) is 9.59 Å². The lowest BCUT2D eigenvalue weighted by molar-refractivity contribution is -0.158. The fourth-order valence-corrected chi connectivity index (χ4v) is 2.89. The second kappa shape index (κ2) is 5.84. The fraction of sp³-hybridized carbons (Fsp3) is 0.500. The van der Waals surface area contributed by atoms with Gasteiger partial charge in [-0.15, -0.1) is 11.3 Å². The zero-order valence-electron chi connectivity index (χ0n) is 10.4. The van der Waals surface area contributed by atoms with Crippen LogP contribution in [0.2, 0.25) is 0 Å². The van der Waals surface area contributed by atoms with E-state index in [9.17, 15) is 9.59 Å². The van der Waals surface area contributed by atoms with Crippen LogP contribution in [0.5, 0.6) is 0 Å². The molecule has 1 N–H and O–H groups in total. The molecule has 1 atom stereocenters. The molecule has 0 fully saturated rings. The Hall–Kier alpha value is -0.880. The Morgan fingerprint density at radius 1 is 1.44 bits per heavy atom. The summed E-state index contributed by atoms with van der Waals surface area (Å²) in [6, 6.07) is 3.48. The molecule has 0 spiro atoms. The molecule has 0 aliphatic heterocycles. The van der Waals surface area contributed by atoms with Crippen molar-refractivity contribution in [2.45, 2.75) is 38.7 Å². The monoisotopic (exact) mass is 334 g/mol. The third-order valence-corrected chi connectivity index (χ3v) is 3.76. The van der Waals surface area contributed by atoms with Gasteiger partial charge in [0.25, 0.3) is 0 Å². The molecule has 0 saturated carbocycles. The van der Waals surface area contributed by atoms with E-state index in [2.05, 4.69) is 15.9 Å². The lowest BCUT2D eigenvalue weighted by Crippen LogP contribution is -2.26. The van der Waals surface area contributed by atoms with Crippen molar-refractivity contribution in [3.63, 3.8) is 0 Å². The van der Waals surface area contributed by atoms with E-state index in [-0.39, 0.29) is 6.42 Å². The van der Waals surface area contributed by atoms with Gasteiger partial charge >= 0.3 is 11.9 Å². The zero-order chi connectivity index (χ0) is 13.9. The maximum absolute atomic E-state index is 11.7. The molecule has 1 rings (SSSR count). The molecular weight excluding hydrogens is 320 g/mol. The minimum Gasteiger partial charge on any atom is -0.481 e. The van der Waals surface area contributed by atoms with Crippen molar-refractivity contribution in [3.05, 3.63) is 20.8 Å². The Morgan fingerprint density at radius 2 is 2.06 bits per heavy atom. The normalized spacial score (nSPS) is 13.1. The number of hydrogen-bond acceptors (Lipinski definition) is 4. The van der Waals surface area contributed by atoms with Crippen molar-refractivity contribution < 1.29 is 19.4 Å². The quantitative estimate of drug-likeness (QED) is 0.857. The number of carboxylic acid groups (broad SMARTS) is 1. The predicted molar refractivity (Wildman–Crippen MR) is 72.9 cm³/mol. The van der Waals surface area contributed by atoms with Crippen LogP contribution >= 0.6 is 27.3 Å². The zero-order valence-corrected chi connectivity index (χ0v) is 12.8. The highest BCUT2D eigenvalue weighted by Crippen LogP contribution is 2.31. The molecule has 18 heavy (non-hydrogen) atoms. The van der Waals surface area contributed by atoms with Crippen molar-refractivity contribution in [2.24, 2.45) is 0 Å². The summed E-state index contributed by atoms with van der Waals surface area (Å²) >= 11 is 4.59. The molecule has 100 valence electrons. The maximum atomic E-state index is 11.7. The first-order valence-electron chi connectivity index (χ1n) is 5.39. The topological polar surface area (TPSA) is 63.6 Å².